The number of likely N-dealkylation sites (N-methyl/N-ethyl adjacent to an activating group) is 1. The molecule has 6 heteroatoms. The molecule has 0 aliphatic carbocycles. The molecular formula is C14H17ClN2O3. The molecule has 20 heavy (non-hydrogen) atoms. The minimum atomic E-state index is -0.103. The molecule has 1 aliphatic heterocycles. The van der Waals surface area contributed by atoms with Crippen molar-refractivity contribution in [2.24, 2.45) is 0 Å². The van der Waals surface area contributed by atoms with Gasteiger partial charge in [-0.05, 0) is 19.2 Å². The largest absolute Gasteiger partial charge is 0.481 e. The first-order valence-electron chi connectivity index (χ1n) is 6.44. The van der Waals surface area contributed by atoms with Crippen LogP contribution >= 0.6 is 11.6 Å². The summed E-state index contributed by atoms with van der Waals surface area (Å²) in [5.74, 6) is 0.182. The number of para-hydroxylation sites is 1. The molecule has 0 unspecified atom stereocenters. The predicted octanol–water partition coefficient (Wildman–Crippen LogP) is 1.31. The number of carbonyl (C=O) groups excluding carboxylic acids is 2. The molecule has 0 N–H and O–H groups in total. The van der Waals surface area contributed by atoms with E-state index in [1.165, 1.54) is 0 Å². The van der Waals surface area contributed by atoms with Crippen LogP contribution in [0.3, 0.4) is 0 Å². The second kappa shape index (κ2) is 6.72. The van der Waals surface area contributed by atoms with Crippen LogP contribution in [-0.2, 0) is 4.79 Å². The second-order valence-corrected chi connectivity index (χ2v) is 5.16. The van der Waals surface area contributed by atoms with E-state index in [2.05, 4.69) is 4.90 Å². The Bertz CT molecular complexity index is 499. The summed E-state index contributed by atoms with van der Waals surface area (Å²) in [6.07, 6.45) is 0.668. The van der Waals surface area contributed by atoms with E-state index in [-0.39, 0.29) is 18.3 Å². The Morgan fingerprint density at radius 1 is 1.35 bits per heavy atom. The SMILES string of the molecule is CN1CCN(C(=O)COc2c(Cl)cccc2C=O)CC1. The molecule has 0 spiro atoms. The van der Waals surface area contributed by atoms with Crippen LogP contribution in [0.15, 0.2) is 18.2 Å². The van der Waals surface area contributed by atoms with E-state index >= 15 is 0 Å². The van der Waals surface area contributed by atoms with Crippen LogP contribution in [-0.4, -0.2) is 61.8 Å². The minimum Gasteiger partial charge on any atom is -0.481 e. The molecule has 0 aromatic heterocycles. The molecule has 1 aromatic carbocycles. The standard InChI is InChI=1S/C14H17ClN2O3/c1-16-5-7-17(8-6-16)13(19)10-20-14-11(9-18)3-2-4-12(14)15/h2-4,9H,5-8,10H2,1H3. The van der Waals surface area contributed by atoms with Gasteiger partial charge in [0.25, 0.3) is 5.91 Å². The van der Waals surface area contributed by atoms with Gasteiger partial charge < -0.3 is 14.5 Å². The van der Waals surface area contributed by atoms with E-state index in [1.807, 2.05) is 7.05 Å². The third kappa shape index (κ3) is 3.49. The van der Waals surface area contributed by atoms with E-state index in [9.17, 15) is 9.59 Å². The van der Waals surface area contributed by atoms with E-state index in [4.69, 9.17) is 16.3 Å². The van der Waals surface area contributed by atoms with Crippen LogP contribution in [0.5, 0.6) is 5.75 Å². The zero-order valence-electron chi connectivity index (χ0n) is 11.3. The molecule has 0 radical (unpaired) electrons. The van der Waals surface area contributed by atoms with Crippen LogP contribution in [0.25, 0.3) is 0 Å². The zero-order chi connectivity index (χ0) is 14.5. The fourth-order valence-electron chi connectivity index (χ4n) is 2.05. The molecule has 0 atom stereocenters. The monoisotopic (exact) mass is 296 g/mol. The average Bonchev–Trinajstić information content (AvgIpc) is 2.46. The van der Waals surface area contributed by atoms with Gasteiger partial charge in [-0.2, -0.15) is 0 Å². The Hall–Kier alpha value is -1.59. The Morgan fingerprint density at radius 3 is 2.70 bits per heavy atom. The first-order chi connectivity index (χ1) is 9.61. The number of rotatable bonds is 4. The first kappa shape index (κ1) is 14.8. The van der Waals surface area contributed by atoms with Crippen molar-refractivity contribution in [2.75, 3.05) is 39.8 Å². The Morgan fingerprint density at radius 2 is 2.05 bits per heavy atom. The fourth-order valence-corrected chi connectivity index (χ4v) is 2.29. The predicted molar refractivity (Wildman–Crippen MR) is 76.4 cm³/mol. The lowest BCUT2D eigenvalue weighted by molar-refractivity contribution is -0.134. The van der Waals surface area contributed by atoms with Crippen LogP contribution < -0.4 is 4.74 Å². The maximum atomic E-state index is 12.0. The number of aldehydes is 1. The van der Waals surface area contributed by atoms with Gasteiger partial charge >= 0.3 is 0 Å². The number of hydrogen-bond acceptors (Lipinski definition) is 4. The van der Waals surface area contributed by atoms with Gasteiger partial charge in [0.15, 0.2) is 12.9 Å². The van der Waals surface area contributed by atoms with Crippen molar-refractivity contribution < 1.29 is 14.3 Å². The molecule has 108 valence electrons. The van der Waals surface area contributed by atoms with Crippen molar-refractivity contribution in [1.29, 1.82) is 0 Å². The molecule has 5 nitrogen and oxygen atoms in total. The number of amides is 1. The summed E-state index contributed by atoms with van der Waals surface area (Å²) in [6.45, 7) is 3.01. The Labute approximate surface area is 123 Å². The summed E-state index contributed by atoms with van der Waals surface area (Å²) in [7, 11) is 2.03. The fraction of sp³-hybridized carbons (Fsp3) is 0.429. The van der Waals surface area contributed by atoms with Gasteiger partial charge in [-0.1, -0.05) is 17.7 Å². The van der Waals surface area contributed by atoms with Crippen LogP contribution in [0, 0.1) is 0 Å². The van der Waals surface area contributed by atoms with Gasteiger partial charge in [0.2, 0.25) is 0 Å². The van der Waals surface area contributed by atoms with E-state index in [0.717, 1.165) is 13.1 Å². The van der Waals surface area contributed by atoms with Crippen LogP contribution in [0.1, 0.15) is 10.4 Å². The highest BCUT2D eigenvalue weighted by Gasteiger charge is 2.20. The molecule has 1 aliphatic rings. The van der Waals surface area contributed by atoms with Gasteiger partial charge in [0.05, 0.1) is 10.6 Å². The lowest BCUT2D eigenvalue weighted by Gasteiger charge is -2.32. The molecule has 1 amide bonds. The third-order valence-electron chi connectivity index (χ3n) is 3.32. The number of halogens is 1. The smallest absolute Gasteiger partial charge is 0.260 e. The van der Waals surface area contributed by atoms with Crippen LogP contribution in [0.2, 0.25) is 5.02 Å². The van der Waals surface area contributed by atoms with Crippen molar-refractivity contribution in [2.45, 2.75) is 0 Å². The summed E-state index contributed by atoms with van der Waals surface area (Å²) in [5, 5.41) is 0.334. The summed E-state index contributed by atoms with van der Waals surface area (Å²) in [5.41, 5.74) is 0.351. The molecule has 2 rings (SSSR count). The van der Waals surface area contributed by atoms with E-state index in [1.54, 1.807) is 23.1 Å². The number of nitrogens with zero attached hydrogens (tertiary/aromatic N) is 2. The van der Waals surface area contributed by atoms with Crippen molar-refractivity contribution in [1.82, 2.24) is 9.80 Å². The highest BCUT2D eigenvalue weighted by molar-refractivity contribution is 6.32. The number of piperazine rings is 1. The summed E-state index contributed by atoms with van der Waals surface area (Å²) < 4.78 is 5.43. The maximum Gasteiger partial charge on any atom is 0.260 e. The van der Waals surface area contributed by atoms with Gasteiger partial charge in [0, 0.05) is 26.2 Å². The Kier molecular flexibility index (Phi) is 4.98. The molecule has 0 saturated carbocycles. The van der Waals surface area contributed by atoms with Crippen LogP contribution in [0.4, 0.5) is 0 Å². The van der Waals surface area contributed by atoms with Crippen molar-refractivity contribution in [3.8, 4) is 5.75 Å². The van der Waals surface area contributed by atoms with Crippen molar-refractivity contribution in [3.05, 3.63) is 28.8 Å². The Balaban J connectivity index is 1.95. The van der Waals surface area contributed by atoms with Gasteiger partial charge in [-0.25, -0.2) is 0 Å². The molecule has 1 heterocycles. The molecular weight excluding hydrogens is 280 g/mol. The normalized spacial score (nSPS) is 16.0. The third-order valence-corrected chi connectivity index (χ3v) is 3.62. The van der Waals surface area contributed by atoms with Crippen molar-refractivity contribution >= 4 is 23.8 Å². The molecule has 0 bridgehead atoms. The summed E-state index contributed by atoms with van der Waals surface area (Å²) in [6, 6.07) is 4.90. The zero-order valence-corrected chi connectivity index (χ0v) is 12.1. The lowest BCUT2D eigenvalue weighted by atomic mass is 10.2. The van der Waals surface area contributed by atoms with E-state index in [0.29, 0.717) is 30.0 Å². The topological polar surface area (TPSA) is 49.9 Å². The van der Waals surface area contributed by atoms with E-state index < -0.39 is 0 Å². The minimum absolute atomic E-state index is 0.0881. The number of hydrogen-bond donors (Lipinski definition) is 0. The average molecular weight is 297 g/mol. The van der Waals surface area contributed by atoms with Crippen molar-refractivity contribution in [3.63, 3.8) is 0 Å². The molecule has 1 aromatic rings. The number of carbonyl (C=O) groups is 2. The molecule has 1 saturated heterocycles. The highest BCUT2D eigenvalue weighted by atomic mass is 35.5. The van der Waals surface area contributed by atoms with Gasteiger partial charge in [-0.15, -0.1) is 0 Å². The number of benzene rings is 1. The van der Waals surface area contributed by atoms with Gasteiger partial charge in [-0.3, -0.25) is 9.59 Å². The summed E-state index contributed by atoms with van der Waals surface area (Å²) in [4.78, 5) is 26.9. The number of ether oxygens (including phenoxy) is 1. The quantitative estimate of drug-likeness (QED) is 0.786. The second-order valence-electron chi connectivity index (χ2n) is 4.75. The van der Waals surface area contributed by atoms with Gasteiger partial charge in [0.1, 0.15) is 5.75 Å². The maximum absolute atomic E-state index is 12.0. The highest BCUT2D eigenvalue weighted by Crippen LogP contribution is 2.27. The lowest BCUT2D eigenvalue weighted by Crippen LogP contribution is -2.48. The molecule has 1 fully saturated rings. The summed E-state index contributed by atoms with van der Waals surface area (Å²) >= 11 is 5.98. The first-order valence-corrected chi connectivity index (χ1v) is 6.82.